The quantitative estimate of drug-likeness (QED) is 0.586. The Morgan fingerprint density at radius 2 is 1.46 bits per heavy atom. The zero-order chi connectivity index (χ0) is 10.4. The maximum Gasteiger partial charge on any atom is 0.229 e. The van der Waals surface area contributed by atoms with E-state index in [-0.39, 0.29) is 17.9 Å². The molecule has 0 aromatic heterocycles. The van der Waals surface area contributed by atoms with Gasteiger partial charge in [-0.25, -0.2) is 0 Å². The van der Waals surface area contributed by atoms with Crippen LogP contribution in [-0.2, 0) is 9.59 Å². The molecule has 0 aliphatic carbocycles. The van der Waals surface area contributed by atoms with Crippen LogP contribution in [0.3, 0.4) is 0 Å². The van der Waals surface area contributed by atoms with Gasteiger partial charge < -0.3 is 0 Å². The van der Waals surface area contributed by atoms with Gasteiger partial charge in [-0.2, -0.15) is 0 Å². The number of carbonyl (C=O) groups excluding carboxylic acids is 2. The average Bonchev–Trinajstić information content (AvgIpc) is 2.07. The Balaban J connectivity index is 0.000000671. The van der Waals surface area contributed by atoms with Crippen LogP contribution in [-0.4, -0.2) is 22.8 Å². The van der Waals surface area contributed by atoms with Crippen LogP contribution in [0, 0.1) is 0 Å². The van der Waals surface area contributed by atoms with E-state index in [1.807, 2.05) is 27.7 Å². The van der Waals surface area contributed by atoms with Crippen LogP contribution in [0.2, 0.25) is 0 Å². The maximum absolute atomic E-state index is 11.2. The number of nitrogens with zero attached hydrogens (tertiary/aromatic N) is 1. The number of imide groups is 1. The Morgan fingerprint density at radius 1 is 1.08 bits per heavy atom. The molecule has 0 atom stereocenters. The van der Waals surface area contributed by atoms with Crippen LogP contribution < -0.4 is 0 Å². The van der Waals surface area contributed by atoms with Crippen molar-refractivity contribution < 1.29 is 9.59 Å². The topological polar surface area (TPSA) is 37.4 Å². The average molecular weight is 185 g/mol. The second kappa shape index (κ2) is 5.73. The molecule has 0 radical (unpaired) electrons. The summed E-state index contributed by atoms with van der Waals surface area (Å²) in [5, 5.41) is 0. The third-order valence-electron chi connectivity index (χ3n) is 1.84. The van der Waals surface area contributed by atoms with Gasteiger partial charge in [-0.15, -0.1) is 0 Å². The van der Waals surface area contributed by atoms with E-state index in [1.54, 1.807) is 0 Å². The van der Waals surface area contributed by atoms with Crippen LogP contribution >= 0.6 is 0 Å². The van der Waals surface area contributed by atoms with Crippen molar-refractivity contribution in [3.8, 4) is 0 Å². The summed E-state index contributed by atoms with van der Waals surface area (Å²) in [4.78, 5) is 23.7. The van der Waals surface area contributed by atoms with E-state index in [9.17, 15) is 9.59 Å². The summed E-state index contributed by atoms with van der Waals surface area (Å²) in [5.41, 5.74) is 0. The fraction of sp³-hybridized carbons (Fsp3) is 0.800. The number of likely N-dealkylation sites (tertiary alicyclic amines) is 1. The van der Waals surface area contributed by atoms with Gasteiger partial charge in [0.15, 0.2) is 0 Å². The lowest BCUT2D eigenvalue weighted by molar-refractivity contribution is -0.149. The SMILES string of the molecule is CC.CC(C)N1C(=O)CCCC1=O. The molecule has 1 heterocycles. The molecule has 2 amide bonds. The summed E-state index contributed by atoms with van der Waals surface area (Å²) in [6.45, 7) is 7.72. The van der Waals surface area contributed by atoms with E-state index in [0.29, 0.717) is 12.8 Å². The molecule has 0 unspecified atom stereocenters. The van der Waals surface area contributed by atoms with E-state index in [4.69, 9.17) is 0 Å². The smallest absolute Gasteiger partial charge is 0.229 e. The van der Waals surface area contributed by atoms with Gasteiger partial charge in [0.25, 0.3) is 0 Å². The molecular weight excluding hydrogens is 166 g/mol. The fourth-order valence-electron chi connectivity index (χ4n) is 1.35. The van der Waals surface area contributed by atoms with Crippen molar-refractivity contribution in [1.82, 2.24) is 4.90 Å². The zero-order valence-corrected chi connectivity index (χ0v) is 8.96. The number of hydrogen-bond acceptors (Lipinski definition) is 2. The molecule has 0 saturated carbocycles. The van der Waals surface area contributed by atoms with Crippen molar-refractivity contribution in [2.75, 3.05) is 0 Å². The molecule has 1 aliphatic heterocycles. The lowest BCUT2D eigenvalue weighted by atomic mass is 10.1. The molecule has 1 aliphatic rings. The third kappa shape index (κ3) is 3.17. The molecule has 0 spiro atoms. The second-order valence-electron chi connectivity index (χ2n) is 3.10. The molecule has 0 bridgehead atoms. The van der Waals surface area contributed by atoms with Crippen LogP contribution in [0.4, 0.5) is 0 Å². The summed E-state index contributed by atoms with van der Waals surface area (Å²) in [5.74, 6) is -0.0347. The summed E-state index contributed by atoms with van der Waals surface area (Å²) in [6.07, 6.45) is 1.79. The summed E-state index contributed by atoms with van der Waals surface area (Å²) < 4.78 is 0. The zero-order valence-electron chi connectivity index (χ0n) is 8.96. The van der Waals surface area contributed by atoms with Gasteiger partial charge in [0.1, 0.15) is 0 Å². The normalized spacial score (nSPS) is 17.2. The monoisotopic (exact) mass is 185 g/mol. The van der Waals surface area contributed by atoms with Gasteiger partial charge in [0.05, 0.1) is 0 Å². The molecule has 3 heteroatoms. The summed E-state index contributed by atoms with van der Waals surface area (Å²) >= 11 is 0. The molecule has 1 rings (SSSR count). The van der Waals surface area contributed by atoms with Crippen molar-refractivity contribution in [3.63, 3.8) is 0 Å². The minimum atomic E-state index is -0.0174. The van der Waals surface area contributed by atoms with Crippen LogP contribution in [0.25, 0.3) is 0 Å². The van der Waals surface area contributed by atoms with Crippen molar-refractivity contribution in [2.24, 2.45) is 0 Å². The van der Waals surface area contributed by atoms with Gasteiger partial charge in [-0.1, -0.05) is 13.8 Å². The van der Waals surface area contributed by atoms with Crippen molar-refractivity contribution in [3.05, 3.63) is 0 Å². The Morgan fingerprint density at radius 3 is 1.69 bits per heavy atom. The number of piperidine rings is 1. The summed E-state index contributed by atoms with van der Waals surface area (Å²) in [7, 11) is 0. The van der Waals surface area contributed by atoms with Crippen molar-refractivity contribution >= 4 is 11.8 Å². The van der Waals surface area contributed by atoms with Crippen LogP contribution in [0.15, 0.2) is 0 Å². The highest BCUT2D eigenvalue weighted by molar-refractivity contribution is 5.97. The number of hydrogen-bond donors (Lipinski definition) is 0. The number of carbonyl (C=O) groups is 2. The van der Waals surface area contributed by atoms with Gasteiger partial charge in [0, 0.05) is 18.9 Å². The second-order valence-corrected chi connectivity index (χ2v) is 3.10. The fourth-order valence-corrected chi connectivity index (χ4v) is 1.35. The van der Waals surface area contributed by atoms with Gasteiger partial charge in [-0.3, -0.25) is 14.5 Å². The molecule has 13 heavy (non-hydrogen) atoms. The standard InChI is InChI=1S/C8H13NO2.C2H6/c1-6(2)9-7(10)4-3-5-8(9)11;1-2/h6H,3-5H2,1-2H3;1-2H3. The Labute approximate surface area is 80.1 Å². The first-order valence-corrected chi connectivity index (χ1v) is 4.98. The molecular formula is C10H19NO2. The van der Waals surface area contributed by atoms with E-state index in [0.717, 1.165) is 6.42 Å². The molecule has 1 fully saturated rings. The van der Waals surface area contributed by atoms with Gasteiger partial charge >= 0.3 is 0 Å². The predicted molar refractivity (Wildman–Crippen MR) is 52.2 cm³/mol. The van der Waals surface area contributed by atoms with E-state index >= 15 is 0 Å². The Bertz CT molecular complexity index is 171. The van der Waals surface area contributed by atoms with E-state index < -0.39 is 0 Å². The minimum Gasteiger partial charge on any atom is -0.280 e. The Hall–Kier alpha value is -0.860. The molecule has 3 nitrogen and oxygen atoms in total. The highest BCUT2D eigenvalue weighted by Gasteiger charge is 2.27. The first kappa shape index (κ1) is 12.1. The summed E-state index contributed by atoms with van der Waals surface area (Å²) in [6, 6.07) is 0.0234. The van der Waals surface area contributed by atoms with Crippen LogP contribution in [0.1, 0.15) is 47.0 Å². The molecule has 1 saturated heterocycles. The largest absolute Gasteiger partial charge is 0.280 e. The van der Waals surface area contributed by atoms with E-state index in [2.05, 4.69) is 0 Å². The highest BCUT2D eigenvalue weighted by atomic mass is 16.2. The molecule has 0 N–H and O–H groups in total. The van der Waals surface area contributed by atoms with Crippen molar-refractivity contribution in [2.45, 2.75) is 53.0 Å². The minimum absolute atomic E-state index is 0.0174. The van der Waals surface area contributed by atoms with Gasteiger partial charge in [0.2, 0.25) is 11.8 Å². The predicted octanol–water partition coefficient (Wildman–Crippen LogP) is 1.96. The lowest BCUT2D eigenvalue weighted by Crippen LogP contribution is -2.44. The van der Waals surface area contributed by atoms with Crippen molar-refractivity contribution in [1.29, 1.82) is 0 Å². The van der Waals surface area contributed by atoms with Crippen LogP contribution in [0.5, 0.6) is 0 Å². The highest BCUT2D eigenvalue weighted by Crippen LogP contribution is 2.14. The number of rotatable bonds is 1. The molecule has 76 valence electrons. The Kier molecular flexibility index (Phi) is 5.35. The first-order chi connectivity index (χ1) is 6.13. The van der Waals surface area contributed by atoms with E-state index in [1.165, 1.54) is 4.90 Å². The maximum atomic E-state index is 11.2. The molecule has 0 aromatic carbocycles. The molecule has 0 aromatic rings. The first-order valence-electron chi connectivity index (χ1n) is 4.98. The third-order valence-corrected chi connectivity index (χ3v) is 1.84. The number of amides is 2. The lowest BCUT2D eigenvalue weighted by Gasteiger charge is -2.28. The van der Waals surface area contributed by atoms with Gasteiger partial charge in [-0.05, 0) is 20.3 Å².